The maximum atomic E-state index is 13.0. The lowest BCUT2D eigenvalue weighted by atomic mass is 9.96. The van der Waals surface area contributed by atoms with Gasteiger partial charge in [0.25, 0.3) is 5.91 Å². The SMILES string of the molecule is Cc1ccc(OCCCN2CCN(C(=O)c3ccc4ccccc4n3)CC2)c2c1N1OC(=O)/C=C\C(=O)OC(C2)C1=O. The van der Waals surface area contributed by atoms with Crippen LogP contribution in [0.15, 0.2) is 60.7 Å². The van der Waals surface area contributed by atoms with Crippen molar-refractivity contribution >= 4 is 40.3 Å². The van der Waals surface area contributed by atoms with E-state index in [4.69, 9.17) is 14.3 Å². The summed E-state index contributed by atoms with van der Waals surface area (Å²) in [7, 11) is 0. The number of aromatic nitrogens is 1. The second kappa shape index (κ2) is 11.6. The average molecular weight is 571 g/mol. The Labute approximate surface area is 242 Å². The fourth-order valence-electron chi connectivity index (χ4n) is 5.47. The lowest BCUT2D eigenvalue weighted by Gasteiger charge is -2.34. The molecule has 0 saturated carbocycles. The molecule has 0 aliphatic carbocycles. The summed E-state index contributed by atoms with van der Waals surface area (Å²) in [5.74, 6) is -1.78. The molecule has 3 aliphatic rings. The molecule has 3 aliphatic heterocycles. The third-order valence-electron chi connectivity index (χ3n) is 7.66. The number of benzene rings is 2. The molecule has 1 atom stereocenters. The van der Waals surface area contributed by atoms with Crippen LogP contribution in [0.4, 0.5) is 5.69 Å². The second-order valence-corrected chi connectivity index (χ2v) is 10.4. The molecular formula is C31H30N4O7. The van der Waals surface area contributed by atoms with Gasteiger partial charge >= 0.3 is 17.8 Å². The number of para-hydroxylation sites is 1. The van der Waals surface area contributed by atoms with E-state index in [1.54, 1.807) is 19.1 Å². The molecular weight excluding hydrogens is 540 g/mol. The Bertz CT molecular complexity index is 1600. The van der Waals surface area contributed by atoms with Crippen LogP contribution in [0.5, 0.6) is 5.75 Å². The molecule has 1 fully saturated rings. The predicted octanol–water partition coefficient (Wildman–Crippen LogP) is 2.60. The molecule has 11 nitrogen and oxygen atoms in total. The number of nitrogens with zero attached hydrogens (tertiary/aromatic N) is 4. The Hall–Kier alpha value is -4.77. The van der Waals surface area contributed by atoms with Gasteiger partial charge in [0.1, 0.15) is 11.4 Å². The number of hydrogen-bond acceptors (Lipinski definition) is 9. The number of carbonyl (C=O) groups is 4. The van der Waals surface area contributed by atoms with Gasteiger partial charge < -0.3 is 19.2 Å². The number of anilines is 1. The van der Waals surface area contributed by atoms with Crippen LogP contribution < -0.4 is 9.80 Å². The topological polar surface area (TPSA) is 119 Å². The molecule has 2 amide bonds. The molecule has 0 radical (unpaired) electrons. The number of rotatable bonds is 6. The Kier molecular flexibility index (Phi) is 7.58. The number of amides is 2. The third kappa shape index (κ3) is 5.55. The molecule has 1 saturated heterocycles. The van der Waals surface area contributed by atoms with E-state index in [0.717, 1.165) is 59.7 Å². The highest BCUT2D eigenvalue weighted by molar-refractivity contribution is 6.04. The highest BCUT2D eigenvalue weighted by Crippen LogP contribution is 2.39. The Morgan fingerprint density at radius 3 is 2.60 bits per heavy atom. The van der Waals surface area contributed by atoms with Gasteiger partial charge in [-0.05, 0) is 37.1 Å². The first kappa shape index (κ1) is 27.4. The summed E-state index contributed by atoms with van der Waals surface area (Å²) in [6, 6.07) is 15.1. The van der Waals surface area contributed by atoms with Gasteiger partial charge in [-0.25, -0.2) is 14.6 Å². The van der Waals surface area contributed by atoms with Crippen LogP contribution in [0.3, 0.4) is 0 Å². The predicted molar refractivity (Wildman–Crippen MR) is 152 cm³/mol. The molecule has 4 heterocycles. The van der Waals surface area contributed by atoms with Crippen LogP contribution in [-0.2, 0) is 30.4 Å². The molecule has 3 aromatic rings. The molecule has 1 unspecified atom stereocenters. The summed E-state index contributed by atoms with van der Waals surface area (Å²) < 4.78 is 11.4. The number of aryl methyl sites for hydroxylation is 1. The molecule has 216 valence electrons. The minimum absolute atomic E-state index is 0.0544. The number of fused-ring (bicyclic) bond motifs is 5. The number of ether oxygens (including phenoxy) is 2. The van der Waals surface area contributed by atoms with Crippen LogP contribution in [0.2, 0.25) is 0 Å². The van der Waals surface area contributed by atoms with Gasteiger partial charge in [-0.3, -0.25) is 14.5 Å². The first-order valence-electron chi connectivity index (χ1n) is 13.9. The Morgan fingerprint density at radius 2 is 1.76 bits per heavy atom. The van der Waals surface area contributed by atoms with Crippen molar-refractivity contribution in [2.24, 2.45) is 0 Å². The third-order valence-corrected chi connectivity index (χ3v) is 7.66. The Morgan fingerprint density at radius 1 is 0.976 bits per heavy atom. The van der Waals surface area contributed by atoms with Crippen LogP contribution in [0, 0.1) is 6.92 Å². The van der Waals surface area contributed by atoms with Crippen molar-refractivity contribution in [3.63, 3.8) is 0 Å². The van der Waals surface area contributed by atoms with E-state index in [1.807, 2.05) is 41.3 Å². The summed E-state index contributed by atoms with van der Waals surface area (Å²) in [6.07, 6.45) is 1.60. The smallest absolute Gasteiger partial charge is 0.356 e. The molecule has 1 aromatic heterocycles. The summed E-state index contributed by atoms with van der Waals surface area (Å²) in [5.41, 5.74) is 3.05. The summed E-state index contributed by atoms with van der Waals surface area (Å²) in [4.78, 5) is 64.1. The molecule has 2 aromatic carbocycles. The highest BCUT2D eigenvalue weighted by atomic mass is 16.7. The second-order valence-electron chi connectivity index (χ2n) is 10.4. The zero-order valence-corrected chi connectivity index (χ0v) is 23.2. The van der Waals surface area contributed by atoms with Gasteiger partial charge in [-0.2, -0.15) is 0 Å². The average Bonchev–Trinajstić information content (AvgIpc) is 3.03. The molecule has 0 N–H and O–H groups in total. The quantitative estimate of drug-likeness (QED) is 0.326. The highest BCUT2D eigenvalue weighted by Gasteiger charge is 2.41. The zero-order valence-electron chi connectivity index (χ0n) is 23.2. The van der Waals surface area contributed by atoms with E-state index in [0.29, 0.717) is 42.4 Å². The van der Waals surface area contributed by atoms with Crippen molar-refractivity contribution in [3.05, 3.63) is 77.5 Å². The normalized spacial score (nSPS) is 19.7. The van der Waals surface area contributed by atoms with Crippen LogP contribution >= 0.6 is 0 Å². The van der Waals surface area contributed by atoms with Crippen LogP contribution in [0.25, 0.3) is 10.9 Å². The number of esters is 1. The lowest BCUT2D eigenvalue weighted by Crippen LogP contribution is -2.49. The Balaban J connectivity index is 1.04. The van der Waals surface area contributed by atoms with E-state index in [9.17, 15) is 19.2 Å². The van der Waals surface area contributed by atoms with Gasteiger partial charge in [0.15, 0.2) is 6.10 Å². The number of hydroxylamine groups is 1. The monoisotopic (exact) mass is 570 g/mol. The minimum atomic E-state index is -1.13. The summed E-state index contributed by atoms with van der Waals surface area (Å²) in [6.45, 7) is 5.76. The van der Waals surface area contributed by atoms with Gasteiger partial charge in [0, 0.05) is 62.2 Å². The number of carbonyl (C=O) groups excluding carboxylic acids is 4. The van der Waals surface area contributed by atoms with Crippen LogP contribution in [0.1, 0.15) is 28.0 Å². The van der Waals surface area contributed by atoms with E-state index < -0.39 is 23.9 Å². The van der Waals surface area contributed by atoms with Gasteiger partial charge in [-0.1, -0.05) is 30.3 Å². The van der Waals surface area contributed by atoms with Crippen molar-refractivity contribution in [3.8, 4) is 5.75 Å². The summed E-state index contributed by atoms with van der Waals surface area (Å²) >= 11 is 0. The molecule has 6 rings (SSSR count). The van der Waals surface area contributed by atoms with Gasteiger partial charge in [-0.15, -0.1) is 5.06 Å². The van der Waals surface area contributed by atoms with Gasteiger partial charge in [0.05, 0.1) is 17.8 Å². The largest absolute Gasteiger partial charge is 0.493 e. The molecule has 2 bridgehead atoms. The van der Waals surface area contributed by atoms with E-state index in [2.05, 4.69) is 9.88 Å². The standard InChI is InChI=1S/C31H30N4O7/c1-20-7-10-25(22-19-26-31(39)35(29(20)22)42-28(37)12-11-27(36)41-26)40-18-4-13-33-14-16-34(17-15-33)30(38)24-9-8-21-5-2-3-6-23(21)32-24/h2-3,5-12,26H,4,13-19H2,1H3/b12-11-. The van der Waals surface area contributed by atoms with E-state index in [1.165, 1.54) is 0 Å². The number of hydrogen-bond donors (Lipinski definition) is 0. The van der Waals surface area contributed by atoms with Crippen molar-refractivity contribution in [2.75, 3.05) is 44.4 Å². The maximum absolute atomic E-state index is 13.0. The van der Waals surface area contributed by atoms with E-state index in [-0.39, 0.29) is 12.3 Å². The molecule has 42 heavy (non-hydrogen) atoms. The summed E-state index contributed by atoms with van der Waals surface area (Å²) in [5, 5.41) is 1.91. The molecule has 0 spiro atoms. The van der Waals surface area contributed by atoms with Crippen molar-refractivity contribution in [1.29, 1.82) is 0 Å². The van der Waals surface area contributed by atoms with Crippen molar-refractivity contribution in [2.45, 2.75) is 25.9 Å². The van der Waals surface area contributed by atoms with Crippen LogP contribution in [-0.4, -0.2) is 84.0 Å². The fraction of sp³-hybridized carbons (Fsp3) is 0.323. The fourth-order valence-corrected chi connectivity index (χ4v) is 5.47. The van der Waals surface area contributed by atoms with E-state index >= 15 is 0 Å². The first-order valence-corrected chi connectivity index (χ1v) is 13.9. The van der Waals surface area contributed by atoms with Crippen molar-refractivity contribution < 1.29 is 33.5 Å². The lowest BCUT2D eigenvalue weighted by molar-refractivity contribution is -0.156. The molecule has 11 heteroatoms. The number of piperazine rings is 1. The zero-order chi connectivity index (χ0) is 29.2. The van der Waals surface area contributed by atoms with Crippen molar-refractivity contribution in [1.82, 2.24) is 14.8 Å². The minimum Gasteiger partial charge on any atom is -0.493 e. The number of pyridine rings is 1. The maximum Gasteiger partial charge on any atom is 0.356 e. The van der Waals surface area contributed by atoms with Gasteiger partial charge in [0.2, 0.25) is 0 Å². The first-order chi connectivity index (χ1) is 20.4.